The number of hydrogen-bond acceptors (Lipinski definition) is 0. The van der Waals surface area contributed by atoms with Crippen LogP contribution < -0.4 is 51.4 Å². The van der Waals surface area contributed by atoms with E-state index in [-0.39, 0.29) is 126 Å². The summed E-state index contributed by atoms with van der Waals surface area (Å²) >= 11 is 0. The molecule has 0 amide bonds. The average molecular weight is 1110 g/mol. The molecule has 0 N–H and O–H groups in total. The van der Waals surface area contributed by atoms with Crippen LogP contribution in [0.1, 0.15) is 0 Å². The summed E-state index contributed by atoms with van der Waals surface area (Å²) in [6.07, 6.45) is 0. The van der Waals surface area contributed by atoms with Gasteiger partial charge in [-0.05, 0) is 0 Å². The SMILES string of the molecule is C[Si](C)(C)[N-][Si](C)(C)C.C[Si](C)(C)[N-][Si](C)(C)C.C[Si](C)(C)[N-][Si](C)(C)C.C[Si](C)(C)[N-][Si](C)(C)C.[Er].[Er].[K+].c1ccc[cH+]cc1. The normalized spacial score (nSPS) is 12.2. The van der Waals surface area contributed by atoms with Gasteiger partial charge in [0.25, 0.3) is 0 Å². The molecule has 46 heavy (non-hydrogen) atoms. The third kappa shape index (κ3) is 87.0. The largest absolute Gasteiger partial charge is 1.00 e. The van der Waals surface area contributed by atoms with Crippen LogP contribution in [0.4, 0.5) is 0 Å². The molecule has 0 aliphatic carbocycles. The molecule has 282 valence electrons. The van der Waals surface area contributed by atoms with E-state index in [1.54, 1.807) is 0 Å². The summed E-state index contributed by atoms with van der Waals surface area (Å²) in [7, 11) is -8.85. The van der Waals surface area contributed by atoms with Gasteiger partial charge in [0.15, 0.2) is 0 Å². The maximum absolute atomic E-state index is 4.82. The Labute approximate surface area is 402 Å². The van der Waals surface area contributed by atoms with Crippen molar-refractivity contribution in [2.24, 2.45) is 0 Å². The van der Waals surface area contributed by atoms with Crippen molar-refractivity contribution in [2.75, 3.05) is 0 Å². The zero-order valence-corrected chi connectivity index (χ0v) is 50.2. The minimum absolute atomic E-state index is 0. The summed E-state index contributed by atoms with van der Waals surface area (Å²) in [5, 5.41) is 0. The molecule has 0 unspecified atom stereocenters. The molecule has 0 heterocycles. The van der Waals surface area contributed by atoms with Crippen LogP contribution in [0, 0.1) is 74.6 Å². The fourth-order valence-electron chi connectivity index (χ4n) is 4.47. The summed E-state index contributed by atoms with van der Waals surface area (Å²) in [4.78, 5) is 0. The standard InChI is InChI=1S/C7H7.4C6H18NSi2.2Er.K/c1-2-4-6-7-5-3-1;4*1-8(2,3)7-9(4,5)6;;;/h1-7H;4*1-6H3;;;/q+1;4*-1;;;+1. The van der Waals surface area contributed by atoms with Gasteiger partial charge in [-0.1, -0.05) is 223 Å². The molecule has 0 atom stereocenters. The van der Waals surface area contributed by atoms with Crippen LogP contribution in [-0.2, 0) is 0 Å². The molecule has 0 saturated carbocycles. The van der Waals surface area contributed by atoms with E-state index in [0.29, 0.717) is 0 Å². The van der Waals surface area contributed by atoms with Gasteiger partial charge in [0.1, 0.15) is 0 Å². The van der Waals surface area contributed by atoms with Crippen molar-refractivity contribution in [3.05, 3.63) is 61.1 Å². The van der Waals surface area contributed by atoms with E-state index in [1.807, 2.05) is 42.5 Å². The quantitative estimate of drug-likeness (QED) is 0.184. The second-order valence-electron chi connectivity index (χ2n) is 19.2. The van der Waals surface area contributed by atoms with Gasteiger partial charge in [0.2, 0.25) is 0 Å². The van der Waals surface area contributed by atoms with E-state index < -0.39 is 65.9 Å². The first-order chi connectivity index (χ1) is 18.3. The number of rotatable bonds is 8. The third-order valence-electron chi connectivity index (χ3n) is 3.46. The smallest absolute Gasteiger partial charge is 0.668 e. The van der Waals surface area contributed by atoms with Crippen molar-refractivity contribution in [1.29, 1.82) is 0 Å². The predicted molar refractivity (Wildman–Crippen MR) is 231 cm³/mol. The Bertz CT molecular complexity index is 636. The van der Waals surface area contributed by atoms with E-state index in [9.17, 15) is 0 Å². The molecule has 1 aromatic carbocycles. The van der Waals surface area contributed by atoms with Gasteiger partial charge >= 0.3 is 51.4 Å². The molecule has 0 aliphatic rings. The molecule has 1 rings (SSSR count). The average Bonchev–Trinajstić information content (AvgIpc) is 2.82. The first kappa shape index (κ1) is 65.7. The summed E-state index contributed by atoms with van der Waals surface area (Å²) in [5.41, 5.74) is 0. The van der Waals surface area contributed by atoms with Crippen molar-refractivity contribution < 1.29 is 126 Å². The molecule has 0 radical (unpaired) electrons. The molecule has 1 aromatic rings. The molecule has 15 heteroatoms. The van der Waals surface area contributed by atoms with E-state index in [0.717, 1.165) is 0 Å². The third-order valence-corrected chi connectivity index (χ3v) is 24.9. The van der Waals surface area contributed by atoms with Crippen LogP contribution in [-0.4, -0.2) is 65.9 Å². The van der Waals surface area contributed by atoms with Crippen LogP contribution in [0.2, 0.25) is 157 Å². The topological polar surface area (TPSA) is 56.4 Å². The number of nitrogens with zero attached hydrogens (tertiary/aromatic N) is 4. The molecule has 4 nitrogen and oxygen atoms in total. The van der Waals surface area contributed by atoms with Gasteiger partial charge in [-0.3, -0.25) is 0 Å². The minimum Gasteiger partial charge on any atom is -0.668 e. The molecule has 0 aliphatic heterocycles. The minimum atomic E-state index is -1.11. The maximum atomic E-state index is 4.82. The Kier molecular flexibility index (Phi) is 41.6. The van der Waals surface area contributed by atoms with E-state index in [1.165, 1.54) is 0 Å². The monoisotopic (exact) mass is 1100 g/mol. The molecule has 0 bridgehead atoms. The molecular formula is C31H79Er2KN4Si8-2. The Morgan fingerprint density at radius 1 is 0.283 bits per heavy atom. The van der Waals surface area contributed by atoms with Crippen molar-refractivity contribution in [1.82, 2.24) is 0 Å². The molecule has 0 saturated heterocycles. The Morgan fingerprint density at radius 3 is 0.500 bits per heavy atom. The van der Waals surface area contributed by atoms with Crippen LogP contribution in [0.5, 0.6) is 0 Å². The maximum Gasteiger partial charge on any atom is 1.00 e. The van der Waals surface area contributed by atoms with Gasteiger partial charge in [0.05, 0.1) is 0 Å². The Morgan fingerprint density at radius 2 is 0.413 bits per heavy atom. The summed E-state index contributed by atoms with van der Waals surface area (Å²) in [5.74, 6) is 0. The summed E-state index contributed by atoms with van der Waals surface area (Å²) in [6, 6.07) is 14.0. The fourth-order valence-corrected chi connectivity index (χ4v) is 36.7. The van der Waals surface area contributed by atoms with Gasteiger partial charge in [-0.15, -0.1) is 0 Å². The zero-order valence-electron chi connectivity index (χ0n) is 35.4. The first-order valence-electron chi connectivity index (χ1n) is 16.1. The second-order valence-corrected chi connectivity index (χ2v) is 57.5. The Hall–Kier alpha value is 4.79. The molecular weight excluding hydrogens is 1030 g/mol. The van der Waals surface area contributed by atoms with Crippen LogP contribution >= 0.6 is 0 Å². The van der Waals surface area contributed by atoms with Gasteiger partial charge < -0.3 is 18.6 Å². The fraction of sp³-hybridized carbons (Fsp3) is 0.774. The first-order valence-corrected chi connectivity index (χ1v) is 43.7. The van der Waals surface area contributed by atoms with Gasteiger partial charge in [-0.25, -0.2) is 0 Å². The summed E-state index contributed by atoms with van der Waals surface area (Å²) < 4.78 is 19.3. The number of hydrogen-bond donors (Lipinski definition) is 0. The molecule has 0 spiro atoms. The Balaban J connectivity index is -0.0000000815. The zero-order chi connectivity index (χ0) is 35.8. The molecule has 0 fully saturated rings. The van der Waals surface area contributed by atoms with Crippen molar-refractivity contribution >= 4 is 65.9 Å². The van der Waals surface area contributed by atoms with E-state index in [2.05, 4.69) is 157 Å². The van der Waals surface area contributed by atoms with Crippen molar-refractivity contribution in [3.8, 4) is 0 Å². The van der Waals surface area contributed by atoms with Gasteiger partial charge in [-0.2, -0.15) is 0 Å². The van der Waals surface area contributed by atoms with Gasteiger partial charge in [0, 0.05) is 117 Å². The van der Waals surface area contributed by atoms with Crippen LogP contribution in [0.15, 0.2) is 42.5 Å². The van der Waals surface area contributed by atoms with E-state index >= 15 is 0 Å². The summed E-state index contributed by atoms with van der Waals surface area (Å²) in [6.45, 7) is 55.1. The van der Waals surface area contributed by atoms with Crippen LogP contribution in [0.3, 0.4) is 0 Å². The predicted octanol–water partition coefficient (Wildman–Crippen LogP) is 11.1. The second kappa shape index (κ2) is 29.1. The molecule has 0 aromatic heterocycles. The van der Waals surface area contributed by atoms with Crippen LogP contribution in [0.25, 0.3) is 18.6 Å². The van der Waals surface area contributed by atoms with Crippen molar-refractivity contribution in [2.45, 2.75) is 157 Å². The van der Waals surface area contributed by atoms with Crippen molar-refractivity contribution in [3.63, 3.8) is 0 Å². The van der Waals surface area contributed by atoms with E-state index in [4.69, 9.17) is 18.6 Å².